The van der Waals surface area contributed by atoms with Crippen molar-refractivity contribution in [3.05, 3.63) is 72.4 Å². The highest BCUT2D eigenvalue weighted by Crippen LogP contribution is 2.26. The Bertz CT molecular complexity index is 1120. The van der Waals surface area contributed by atoms with E-state index in [4.69, 9.17) is 9.98 Å². The minimum Gasteiger partial charge on any atom is -0.351 e. The van der Waals surface area contributed by atoms with Crippen molar-refractivity contribution in [2.75, 3.05) is 0 Å². The molecule has 3 aromatic rings. The molecule has 0 aliphatic heterocycles. The van der Waals surface area contributed by atoms with Gasteiger partial charge in [-0.3, -0.25) is 4.99 Å². The number of nitrogens with one attached hydrogen (secondary N) is 1. The molecule has 2 aromatic carbocycles. The molecule has 1 aromatic heterocycles. The van der Waals surface area contributed by atoms with E-state index < -0.39 is 0 Å². The van der Waals surface area contributed by atoms with Crippen LogP contribution in [0.4, 0.5) is 0 Å². The van der Waals surface area contributed by atoms with Gasteiger partial charge in [0.05, 0.1) is 22.9 Å². The second kappa shape index (κ2) is 11.2. The summed E-state index contributed by atoms with van der Waals surface area (Å²) in [6.45, 7) is 8.77. The van der Waals surface area contributed by atoms with Crippen LogP contribution < -0.4 is 5.32 Å². The first-order chi connectivity index (χ1) is 15.6. The highest BCUT2D eigenvalue weighted by molar-refractivity contribution is 5.83. The molecule has 0 spiro atoms. The molecule has 4 nitrogen and oxygen atoms in total. The first kappa shape index (κ1) is 23.1. The van der Waals surface area contributed by atoms with E-state index in [2.05, 4.69) is 84.8 Å². The van der Waals surface area contributed by atoms with Crippen LogP contribution in [-0.2, 0) is 6.54 Å². The minimum absolute atomic E-state index is 0.496. The maximum atomic E-state index is 4.94. The number of fused-ring (bicyclic) bond motifs is 1. The van der Waals surface area contributed by atoms with Crippen LogP contribution in [0.5, 0.6) is 0 Å². The monoisotopic (exact) mass is 424 g/mol. The van der Waals surface area contributed by atoms with Crippen molar-refractivity contribution < 1.29 is 0 Å². The molecule has 1 aliphatic rings. The molecule has 164 valence electrons. The van der Waals surface area contributed by atoms with Crippen molar-refractivity contribution in [3.8, 4) is 24.2 Å². The van der Waals surface area contributed by atoms with Gasteiger partial charge in [-0.1, -0.05) is 61.4 Å². The largest absolute Gasteiger partial charge is 0.351 e. The Kier molecular flexibility index (Phi) is 8.05. The number of rotatable bonds is 6. The van der Waals surface area contributed by atoms with Crippen LogP contribution in [0.2, 0.25) is 0 Å². The second-order valence-corrected chi connectivity index (χ2v) is 8.06. The van der Waals surface area contributed by atoms with Crippen molar-refractivity contribution in [2.24, 2.45) is 4.99 Å². The molecule has 4 heteroatoms. The topological polar surface area (TPSA) is 42.2 Å². The van der Waals surface area contributed by atoms with Crippen LogP contribution >= 0.6 is 0 Å². The molecular formula is C28H32N4. The van der Waals surface area contributed by atoms with Crippen LogP contribution in [-0.4, -0.2) is 21.4 Å². The van der Waals surface area contributed by atoms with E-state index in [1.165, 1.54) is 31.2 Å². The Morgan fingerprint density at radius 3 is 2.59 bits per heavy atom. The zero-order valence-corrected chi connectivity index (χ0v) is 19.1. The maximum absolute atomic E-state index is 4.94. The van der Waals surface area contributed by atoms with Crippen LogP contribution in [0.1, 0.15) is 43.7 Å². The molecule has 0 radical (unpaired) electrons. The number of imidazole rings is 1. The Hall–Kier alpha value is -3.58. The number of hydrogen-bond donors (Lipinski definition) is 1. The molecular weight excluding hydrogens is 392 g/mol. The molecule has 1 N–H and O–H groups in total. The number of nitrogens with zero attached hydrogens (tertiary/aromatic N) is 3. The lowest BCUT2D eigenvalue weighted by atomic mass is 10.1. The Labute approximate surface area is 191 Å². The lowest BCUT2D eigenvalue weighted by Gasteiger charge is -2.08. The van der Waals surface area contributed by atoms with Crippen molar-refractivity contribution >= 4 is 22.9 Å². The number of allylic oxidation sites excluding steroid dienone is 1. The van der Waals surface area contributed by atoms with Crippen molar-refractivity contribution in [2.45, 2.75) is 52.1 Å². The SMILES string of the molecule is C#C.C=Cc1ccc2c(c1)nc(-c1ccc(C)cc1)n2C/C=C\NC(C)=NC1CCCC1. The summed E-state index contributed by atoms with van der Waals surface area (Å²) in [6.07, 6.45) is 19.0. The molecule has 0 atom stereocenters. The quantitative estimate of drug-likeness (QED) is 0.284. The average Bonchev–Trinajstić information content (AvgIpc) is 3.46. The highest BCUT2D eigenvalue weighted by atomic mass is 15.1. The molecule has 0 bridgehead atoms. The summed E-state index contributed by atoms with van der Waals surface area (Å²) >= 11 is 0. The van der Waals surface area contributed by atoms with Crippen LogP contribution in [0, 0.1) is 19.8 Å². The standard InChI is InChI=1S/C26H30N4.C2H2/c1-4-21-12-15-25-24(18-21)29-26(22-13-10-19(2)11-14-22)30(25)17-7-16-27-20(3)28-23-8-5-6-9-23;1-2/h4,7,10-16,18,23H,1,5-6,8-9,17H2,2-3H3,(H,27,28);1-2H/b16-7-;. The zero-order chi connectivity index (χ0) is 22.9. The highest BCUT2D eigenvalue weighted by Gasteiger charge is 2.14. The lowest BCUT2D eigenvalue weighted by Crippen LogP contribution is -2.16. The maximum Gasteiger partial charge on any atom is 0.141 e. The molecule has 0 unspecified atom stereocenters. The summed E-state index contributed by atoms with van der Waals surface area (Å²) in [5, 5.41) is 3.33. The molecule has 1 aliphatic carbocycles. The zero-order valence-electron chi connectivity index (χ0n) is 19.1. The summed E-state index contributed by atoms with van der Waals surface area (Å²) in [6, 6.07) is 15.4. The fraction of sp³-hybridized carbons (Fsp3) is 0.286. The number of terminal acetylenes is 1. The van der Waals surface area contributed by atoms with Gasteiger partial charge in [-0.25, -0.2) is 4.98 Å². The molecule has 1 fully saturated rings. The second-order valence-electron chi connectivity index (χ2n) is 8.06. The van der Waals surface area contributed by atoms with Gasteiger partial charge in [0, 0.05) is 12.1 Å². The molecule has 1 heterocycles. The molecule has 32 heavy (non-hydrogen) atoms. The van der Waals surface area contributed by atoms with E-state index in [1.807, 2.05) is 19.2 Å². The molecule has 0 saturated heterocycles. The fourth-order valence-corrected chi connectivity index (χ4v) is 4.06. The summed E-state index contributed by atoms with van der Waals surface area (Å²) < 4.78 is 2.26. The fourth-order valence-electron chi connectivity index (χ4n) is 4.06. The van der Waals surface area contributed by atoms with Gasteiger partial charge in [0.15, 0.2) is 0 Å². The Morgan fingerprint density at radius 2 is 1.91 bits per heavy atom. The smallest absolute Gasteiger partial charge is 0.141 e. The molecule has 0 amide bonds. The van der Waals surface area contributed by atoms with E-state index in [0.29, 0.717) is 6.04 Å². The van der Waals surface area contributed by atoms with Crippen LogP contribution in [0.15, 0.2) is 66.3 Å². The van der Waals surface area contributed by atoms with Gasteiger partial charge in [0.25, 0.3) is 0 Å². The summed E-state index contributed by atoms with van der Waals surface area (Å²) in [7, 11) is 0. The summed E-state index contributed by atoms with van der Waals surface area (Å²) in [4.78, 5) is 9.72. The Morgan fingerprint density at radius 1 is 1.19 bits per heavy atom. The van der Waals surface area contributed by atoms with Crippen LogP contribution in [0.25, 0.3) is 28.5 Å². The Balaban J connectivity index is 0.00000141. The van der Waals surface area contributed by atoms with Gasteiger partial charge in [-0.05, 0) is 56.7 Å². The van der Waals surface area contributed by atoms with Gasteiger partial charge >= 0.3 is 0 Å². The number of aromatic nitrogens is 2. The number of benzene rings is 2. The predicted octanol–water partition coefficient (Wildman–Crippen LogP) is 6.37. The summed E-state index contributed by atoms with van der Waals surface area (Å²) in [5.41, 5.74) is 5.56. The van der Waals surface area contributed by atoms with Gasteiger partial charge in [0.1, 0.15) is 5.82 Å². The van der Waals surface area contributed by atoms with Crippen LogP contribution in [0.3, 0.4) is 0 Å². The predicted molar refractivity (Wildman–Crippen MR) is 138 cm³/mol. The van der Waals surface area contributed by atoms with Gasteiger partial charge in [-0.2, -0.15) is 0 Å². The van der Waals surface area contributed by atoms with Gasteiger partial charge in [-0.15, -0.1) is 12.8 Å². The first-order valence-corrected chi connectivity index (χ1v) is 11.1. The van der Waals surface area contributed by atoms with Crippen molar-refractivity contribution in [1.82, 2.24) is 14.9 Å². The van der Waals surface area contributed by atoms with Crippen molar-refractivity contribution in [3.63, 3.8) is 0 Å². The first-order valence-electron chi connectivity index (χ1n) is 11.1. The lowest BCUT2D eigenvalue weighted by molar-refractivity contribution is 0.702. The van der Waals surface area contributed by atoms with Gasteiger partial charge < -0.3 is 9.88 Å². The van der Waals surface area contributed by atoms with E-state index in [9.17, 15) is 0 Å². The number of amidine groups is 1. The van der Waals surface area contributed by atoms with E-state index in [0.717, 1.165) is 40.4 Å². The third-order valence-electron chi connectivity index (χ3n) is 5.72. The molecule has 1 saturated carbocycles. The molecule has 4 rings (SSSR count). The summed E-state index contributed by atoms with van der Waals surface area (Å²) in [5.74, 6) is 1.97. The van der Waals surface area contributed by atoms with Crippen molar-refractivity contribution in [1.29, 1.82) is 0 Å². The number of hydrogen-bond acceptors (Lipinski definition) is 2. The van der Waals surface area contributed by atoms with Gasteiger partial charge in [0.2, 0.25) is 0 Å². The third-order valence-corrected chi connectivity index (χ3v) is 5.72. The number of aliphatic imine (C=N–C) groups is 1. The minimum atomic E-state index is 0.496. The van der Waals surface area contributed by atoms with E-state index in [1.54, 1.807) is 0 Å². The normalized spacial score (nSPS) is 14.4. The van der Waals surface area contributed by atoms with E-state index >= 15 is 0 Å². The van der Waals surface area contributed by atoms with E-state index in [-0.39, 0.29) is 0 Å². The number of aryl methyl sites for hydroxylation is 1. The third kappa shape index (κ3) is 5.56. The average molecular weight is 425 g/mol.